The van der Waals surface area contributed by atoms with Gasteiger partial charge in [-0.25, -0.2) is 0 Å². The monoisotopic (exact) mass is 322 g/mol. The molecule has 9 rings (SSSR count). The molecule has 8 aliphatic carbocycles. The largest absolute Gasteiger partial charge is 0.340 e. The molecule has 2 atom stereocenters. The first-order valence-corrected chi connectivity index (χ1v) is 10.7. The van der Waals surface area contributed by atoms with Gasteiger partial charge < -0.3 is 9.80 Å². The Bertz CT molecular complexity index is 558. The highest BCUT2D eigenvalue weighted by Crippen LogP contribution is 2.64. The molecule has 24 heavy (non-hydrogen) atoms. The summed E-state index contributed by atoms with van der Waals surface area (Å²) in [5, 5.41) is 0. The zero-order chi connectivity index (χ0) is 15.5. The van der Waals surface area contributed by atoms with Gasteiger partial charge in [0.05, 0.1) is 0 Å². The van der Waals surface area contributed by atoms with Gasteiger partial charge in [0, 0.05) is 23.5 Å². The van der Waals surface area contributed by atoms with E-state index >= 15 is 0 Å². The highest BCUT2D eigenvalue weighted by molar-refractivity contribution is 5.21. The van der Waals surface area contributed by atoms with Crippen molar-refractivity contribution in [3.05, 3.63) is 19.1 Å². The third-order valence-corrected chi connectivity index (χ3v) is 9.52. The van der Waals surface area contributed by atoms with Gasteiger partial charge in [0.15, 0.2) is 0 Å². The van der Waals surface area contributed by atoms with Crippen LogP contribution in [0, 0.1) is 42.2 Å². The summed E-state index contributed by atoms with van der Waals surface area (Å²) < 4.78 is 0. The minimum absolute atomic E-state index is 0.451. The summed E-state index contributed by atoms with van der Waals surface area (Å²) in [6.07, 6.45) is 21.3. The van der Waals surface area contributed by atoms with E-state index in [2.05, 4.69) is 28.9 Å². The van der Waals surface area contributed by atoms with E-state index in [9.17, 15) is 0 Å². The Kier molecular flexibility index (Phi) is 2.36. The van der Waals surface area contributed by atoms with Crippen LogP contribution in [0.3, 0.4) is 0 Å². The fourth-order valence-electron chi connectivity index (χ4n) is 9.33. The first-order chi connectivity index (χ1) is 11.7. The molecule has 0 spiro atoms. The van der Waals surface area contributed by atoms with Crippen LogP contribution in [0.1, 0.15) is 70.6 Å². The molecule has 2 radical (unpaired) electrons. The number of rotatable bonds is 2. The summed E-state index contributed by atoms with van der Waals surface area (Å²) in [6, 6.07) is 0. The Morgan fingerprint density at radius 2 is 1.12 bits per heavy atom. The van der Waals surface area contributed by atoms with Crippen LogP contribution in [-0.2, 0) is 0 Å². The van der Waals surface area contributed by atoms with E-state index in [1.54, 1.807) is 0 Å². The second-order valence-electron chi connectivity index (χ2n) is 10.9. The van der Waals surface area contributed by atoms with Crippen LogP contribution in [0.15, 0.2) is 12.4 Å². The molecule has 8 saturated carbocycles. The average Bonchev–Trinajstić information content (AvgIpc) is 3.17. The Morgan fingerprint density at radius 1 is 0.625 bits per heavy atom. The Labute approximate surface area is 146 Å². The summed E-state index contributed by atoms with van der Waals surface area (Å²) in [5.74, 6) is 6.11. The number of hydrogen-bond donors (Lipinski definition) is 0. The predicted molar refractivity (Wildman–Crippen MR) is 93.3 cm³/mol. The van der Waals surface area contributed by atoms with Crippen LogP contribution in [-0.4, -0.2) is 20.9 Å². The van der Waals surface area contributed by atoms with Crippen LogP contribution >= 0.6 is 0 Å². The first kappa shape index (κ1) is 13.5. The molecule has 128 valence electrons. The van der Waals surface area contributed by atoms with Gasteiger partial charge in [-0.05, 0) is 106 Å². The van der Waals surface area contributed by atoms with E-state index in [-0.39, 0.29) is 0 Å². The summed E-state index contributed by atoms with van der Waals surface area (Å²) in [5.41, 5.74) is 0.924. The van der Waals surface area contributed by atoms with Crippen LogP contribution in [0.2, 0.25) is 0 Å². The van der Waals surface area contributed by atoms with E-state index in [1.165, 1.54) is 70.6 Å². The van der Waals surface area contributed by atoms with Crippen LogP contribution < -0.4 is 0 Å². The maximum atomic E-state index is 3.95. The van der Waals surface area contributed by atoms with E-state index in [0.29, 0.717) is 11.1 Å². The van der Waals surface area contributed by atoms with Crippen molar-refractivity contribution < 1.29 is 0 Å². The van der Waals surface area contributed by atoms with E-state index < -0.39 is 0 Å². The Morgan fingerprint density at radius 3 is 1.71 bits per heavy atom. The molecule has 0 amide bonds. The van der Waals surface area contributed by atoms with Gasteiger partial charge in [0.2, 0.25) is 6.67 Å². The SMILES string of the molecule is [C]1N(C23CC4CC(CC(C4)C2)C3)C=CN1C12CC3CC(CC1C3)C2. The number of hydrogen-bond acceptors (Lipinski definition) is 2. The minimum Gasteiger partial charge on any atom is -0.340 e. The molecule has 0 N–H and O–H groups in total. The van der Waals surface area contributed by atoms with Crippen molar-refractivity contribution >= 4 is 0 Å². The van der Waals surface area contributed by atoms with Crippen molar-refractivity contribution in [3.8, 4) is 0 Å². The van der Waals surface area contributed by atoms with Gasteiger partial charge in [-0.2, -0.15) is 0 Å². The van der Waals surface area contributed by atoms with Crippen molar-refractivity contribution in [3.63, 3.8) is 0 Å². The maximum absolute atomic E-state index is 3.95. The zero-order valence-electron chi connectivity index (χ0n) is 14.8. The van der Waals surface area contributed by atoms with Crippen molar-refractivity contribution in [1.82, 2.24) is 9.80 Å². The van der Waals surface area contributed by atoms with Gasteiger partial charge in [0.1, 0.15) is 0 Å². The van der Waals surface area contributed by atoms with Crippen LogP contribution in [0.5, 0.6) is 0 Å². The molecule has 9 aliphatic rings. The van der Waals surface area contributed by atoms with Crippen LogP contribution in [0.25, 0.3) is 0 Å². The fraction of sp³-hybridized carbons (Fsp3) is 0.864. The van der Waals surface area contributed by atoms with Crippen molar-refractivity contribution in [2.75, 3.05) is 0 Å². The lowest BCUT2D eigenvalue weighted by Crippen LogP contribution is -2.58. The van der Waals surface area contributed by atoms with Gasteiger partial charge in [-0.1, -0.05) is 0 Å². The number of nitrogens with zero attached hydrogens (tertiary/aromatic N) is 2. The molecule has 1 heterocycles. The lowest BCUT2D eigenvalue weighted by atomic mass is 9.52. The zero-order valence-corrected chi connectivity index (χ0v) is 14.8. The predicted octanol–water partition coefficient (Wildman–Crippen LogP) is 4.62. The topological polar surface area (TPSA) is 6.48 Å². The molecular weight excluding hydrogens is 292 g/mol. The standard InChI is InChI=1S/C22H30N2/c1-2-24(22-12-18-6-19(13-22)8-20(22)7-18)14-23(1)21-9-15-3-16(10-21)5-17(4-15)11-21/h1-2,15-20H,3-13H2. The van der Waals surface area contributed by atoms with Gasteiger partial charge in [0.25, 0.3) is 0 Å². The normalized spacial score (nSPS) is 59.3. The third kappa shape index (κ3) is 1.56. The van der Waals surface area contributed by atoms with Gasteiger partial charge in [-0.3, -0.25) is 0 Å². The minimum atomic E-state index is 0.451. The maximum Gasteiger partial charge on any atom is 0.208 e. The molecule has 2 heteroatoms. The summed E-state index contributed by atoms with van der Waals surface area (Å²) in [7, 11) is 0. The summed E-state index contributed by atoms with van der Waals surface area (Å²) in [6.45, 7) is 3.95. The Balaban J connectivity index is 1.17. The average molecular weight is 322 g/mol. The van der Waals surface area contributed by atoms with E-state index in [4.69, 9.17) is 0 Å². The smallest absolute Gasteiger partial charge is 0.208 e. The molecule has 0 aromatic carbocycles. The molecule has 8 fully saturated rings. The highest BCUT2D eigenvalue weighted by Gasteiger charge is 2.62. The highest BCUT2D eigenvalue weighted by atomic mass is 15.4. The fourth-order valence-corrected chi connectivity index (χ4v) is 9.33. The van der Waals surface area contributed by atoms with Crippen molar-refractivity contribution in [1.29, 1.82) is 0 Å². The summed E-state index contributed by atoms with van der Waals surface area (Å²) >= 11 is 0. The van der Waals surface area contributed by atoms with Gasteiger partial charge in [-0.15, -0.1) is 0 Å². The molecule has 0 aromatic heterocycles. The molecular formula is C22H30N2. The molecule has 2 unspecified atom stereocenters. The second kappa shape index (κ2) is 4.18. The van der Waals surface area contributed by atoms with E-state index in [0.717, 1.165) is 35.5 Å². The molecule has 2 nitrogen and oxygen atoms in total. The first-order valence-electron chi connectivity index (χ1n) is 10.7. The van der Waals surface area contributed by atoms with Crippen molar-refractivity contribution in [2.45, 2.75) is 81.7 Å². The third-order valence-electron chi connectivity index (χ3n) is 9.52. The molecule has 1 aliphatic heterocycles. The lowest BCUT2D eigenvalue weighted by Gasteiger charge is -2.59. The molecule has 0 aromatic rings. The van der Waals surface area contributed by atoms with Gasteiger partial charge >= 0.3 is 0 Å². The quantitative estimate of drug-likeness (QED) is 0.732. The van der Waals surface area contributed by atoms with Crippen LogP contribution in [0.4, 0.5) is 0 Å². The van der Waals surface area contributed by atoms with E-state index in [1.807, 2.05) is 0 Å². The van der Waals surface area contributed by atoms with Crippen molar-refractivity contribution in [2.24, 2.45) is 35.5 Å². The lowest BCUT2D eigenvalue weighted by molar-refractivity contribution is -0.0678. The Hall–Kier alpha value is -0.660. The second-order valence-corrected chi connectivity index (χ2v) is 10.9. The molecule has 0 saturated heterocycles. The molecule has 8 bridgehead atoms. The summed E-state index contributed by atoms with van der Waals surface area (Å²) in [4.78, 5) is 5.21.